The second-order valence-corrected chi connectivity index (χ2v) is 18.6. The third-order valence-corrected chi connectivity index (χ3v) is 14.0. The van der Waals surface area contributed by atoms with Crippen LogP contribution in [0.1, 0.15) is 16.7 Å². The molecule has 0 aliphatic heterocycles. The molecule has 0 amide bonds. The maximum absolute atomic E-state index is 16.0. The van der Waals surface area contributed by atoms with E-state index < -0.39 is 31.3 Å². The highest BCUT2D eigenvalue weighted by Crippen LogP contribution is 2.52. The molecule has 1 unspecified atom stereocenters. The summed E-state index contributed by atoms with van der Waals surface area (Å²) < 4.78 is 118. The molecular weight excluding hydrogens is 828 g/mol. The number of benzene rings is 6. The van der Waals surface area contributed by atoms with E-state index in [1.54, 1.807) is 24.3 Å². The van der Waals surface area contributed by atoms with E-state index in [2.05, 4.69) is 0 Å². The Morgan fingerprint density at radius 1 is 0.443 bits per heavy atom. The van der Waals surface area contributed by atoms with E-state index in [4.69, 9.17) is 14.2 Å². The number of anilines is 1. The van der Waals surface area contributed by atoms with Gasteiger partial charge in [0.25, 0.3) is 0 Å². The third kappa shape index (κ3) is 8.82. The average molecular weight is 874 g/mol. The van der Waals surface area contributed by atoms with Crippen molar-refractivity contribution in [2.75, 3.05) is 54.4 Å². The molecule has 61 heavy (non-hydrogen) atoms. The highest BCUT2D eigenvalue weighted by Gasteiger charge is 2.58. The molecule has 0 heterocycles. The van der Waals surface area contributed by atoms with Gasteiger partial charge in [-0.1, -0.05) is 36.4 Å². The maximum atomic E-state index is 16.0. The summed E-state index contributed by atoms with van der Waals surface area (Å²) in [5.41, 5.74) is -2.52. The van der Waals surface area contributed by atoms with E-state index in [1.165, 1.54) is 136 Å². The van der Waals surface area contributed by atoms with Crippen molar-refractivity contribution < 1.29 is 44.2 Å². The summed E-state index contributed by atoms with van der Waals surface area (Å²) in [5.74, 6) is 1.31. The Kier molecular flexibility index (Phi) is 12.9. The Bertz CT molecular complexity index is 2630. The summed E-state index contributed by atoms with van der Waals surface area (Å²) in [6.45, 7) is 0. The average Bonchev–Trinajstić information content (AvgIpc) is 3.24. The van der Waals surface area contributed by atoms with Crippen molar-refractivity contribution in [1.29, 1.82) is 0 Å². The lowest BCUT2D eigenvalue weighted by Crippen LogP contribution is -2.52. The first-order valence-corrected chi connectivity index (χ1v) is 21.8. The molecule has 0 saturated carbocycles. The highest BCUT2D eigenvalue weighted by atomic mass is 32.2. The van der Waals surface area contributed by atoms with Crippen LogP contribution in [0.25, 0.3) is 0 Å². The van der Waals surface area contributed by atoms with Gasteiger partial charge in [-0.2, -0.15) is 13.2 Å². The number of hydrogen-bond donors (Lipinski definition) is 0. The minimum Gasteiger partial charge on any atom is -0.497 e. The fourth-order valence-electron chi connectivity index (χ4n) is 7.49. The molecule has 0 saturated heterocycles. The monoisotopic (exact) mass is 873 g/mol. The standard InChI is InChI=1S/C46H46F3N3O7S2/c1-50(2)44(51(3)4)52(5)35-14-26-41(27-15-35)60(53,54)40-24-12-34(13-25-40)45(46(47,48)49,32-8-16-36(57-6)17-9-32)33-10-18-38(19-11-33)59-39-22-30-43(31-23-39)61(55,56)42-28-20-37(58-7)21-29-42/h8-31,44H,1-7H3. The zero-order valence-corrected chi connectivity index (χ0v) is 36.2. The number of nitrogens with zero attached hydrogens (tertiary/aromatic N) is 3. The van der Waals surface area contributed by atoms with Crippen molar-refractivity contribution in [3.05, 3.63) is 162 Å². The Morgan fingerprint density at radius 3 is 1.05 bits per heavy atom. The molecule has 6 aromatic rings. The lowest BCUT2D eigenvalue weighted by molar-refractivity contribution is -0.166. The molecule has 0 radical (unpaired) electrons. The minimum atomic E-state index is -4.94. The molecule has 0 bridgehead atoms. The lowest BCUT2D eigenvalue weighted by Gasteiger charge is -2.39. The molecule has 0 spiro atoms. The van der Waals surface area contributed by atoms with Crippen LogP contribution in [0.2, 0.25) is 0 Å². The molecule has 0 aromatic heterocycles. The molecule has 0 aliphatic carbocycles. The first-order valence-electron chi connectivity index (χ1n) is 18.8. The van der Waals surface area contributed by atoms with Gasteiger partial charge in [0.05, 0.1) is 33.8 Å². The normalized spacial score (nSPS) is 13.3. The van der Waals surface area contributed by atoms with Gasteiger partial charge in [0, 0.05) is 12.7 Å². The zero-order chi connectivity index (χ0) is 44.3. The van der Waals surface area contributed by atoms with E-state index in [9.17, 15) is 16.8 Å². The second-order valence-electron chi connectivity index (χ2n) is 14.7. The minimum absolute atomic E-state index is 0.00927. The second kappa shape index (κ2) is 17.6. The van der Waals surface area contributed by atoms with Crippen LogP contribution >= 0.6 is 0 Å². The van der Waals surface area contributed by atoms with E-state index in [1.807, 2.05) is 49.9 Å². The molecule has 320 valence electrons. The van der Waals surface area contributed by atoms with Crippen molar-refractivity contribution in [1.82, 2.24) is 9.80 Å². The zero-order valence-electron chi connectivity index (χ0n) is 34.6. The number of ether oxygens (including phenoxy) is 3. The molecular formula is C46H46F3N3O7S2. The van der Waals surface area contributed by atoms with Gasteiger partial charge in [-0.3, -0.25) is 9.80 Å². The van der Waals surface area contributed by atoms with Crippen LogP contribution in [-0.4, -0.2) is 88.6 Å². The predicted octanol–water partition coefficient (Wildman–Crippen LogP) is 8.90. The van der Waals surface area contributed by atoms with E-state index in [0.717, 1.165) is 5.69 Å². The number of methoxy groups -OCH3 is 2. The Morgan fingerprint density at radius 2 is 0.721 bits per heavy atom. The van der Waals surface area contributed by atoms with Crippen LogP contribution in [0.15, 0.2) is 165 Å². The number of rotatable bonds is 15. The van der Waals surface area contributed by atoms with Gasteiger partial charge in [0.1, 0.15) is 34.7 Å². The quantitative estimate of drug-likeness (QED) is 0.0734. The number of alkyl halides is 3. The summed E-state index contributed by atoms with van der Waals surface area (Å²) in [4.78, 5) is 5.91. The number of halogens is 3. The van der Waals surface area contributed by atoms with Gasteiger partial charge >= 0.3 is 6.18 Å². The first kappa shape index (κ1) is 44.7. The largest absolute Gasteiger partial charge is 0.497 e. The van der Waals surface area contributed by atoms with Gasteiger partial charge in [0.15, 0.2) is 0 Å². The molecule has 1 atom stereocenters. The molecule has 6 aromatic carbocycles. The van der Waals surface area contributed by atoms with Gasteiger partial charge in [0.2, 0.25) is 19.7 Å². The van der Waals surface area contributed by atoms with Gasteiger partial charge in [-0.15, -0.1) is 0 Å². The highest BCUT2D eigenvalue weighted by molar-refractivity contribution is 7.91. The van der Waals surface area contributed by atoms with Crippen LogP contribution in [0.3, 0.4) is 0 Å². The summed E-state index contributed by atoms with van der Waals surface area (Å²) in [6.07, 6.45) is -5.05. The molecule has 0 aliphatic rings. The molecule has 10 nitrogen and oxygen atoms in total. The van der Waals surface area contributed by atoms with Gasteiger partial charge in [-0.05, 0) is 154 Å². The topological polar surface area (TPSA) is 106 Å². The summed E-state index contributed by atoms with van der Waals surface area (Å²) in [6, 6.07) is 33.7. The van der Waals surface area contributed by atoms with Crippen molar-refractivity contribution in [3.8, 4) is 23.0 Å². The van der Waals surface area contributed by atoms with Crippen LogP contribution in [0.4, 0.5) is 18.9 Å². The lowest BCUT2D eigenvalue weighted by atomic mass is 9.68. The molecule has 15 heteroatoms. The third-order valence-electron chi connectivity index (χ3n) is 10.4. The smallest absolute Gasteiger partial charge is 0.406 e. The predicted molar refractivity (Wildman–Crippen MR) is 228 cm³/mol. The van der Waals surface area contributed by atoms with Gasteiger partial charge in [-0.25, -0.2) is 16.8 Å². The molecule has 0 fully saturated rings. The first-order chi connectivity index (χ1) is 28.8. The summed E-state index contributed by atoms with van der Waals surface area (Å²) in [5, 5.41) is 0. The van der Waals surface area contributed by atoms with Crippen LogP contribution in [-0.2, 0) is 25.1 Å². The van der Waals surface area contributed by atoms with E-state index in [0.29, 0.717) is 11.5 Å². The summed E-state index contributed by atoms with van der Waals surface area (Å²) in [7, 11) is 4.53. The Hall–Kier alpha value is -5.87. The molecule has 0 N–H and O–H groups in total. The fraction of sp³-hybridized carbons (Fsp3) is 0.217. The summed E-state index contributed by atoms with van der Waals surface area (Å²) >= 11 is 0. The van der Waals surface area contributed by atoms with Crippen LogP contribution < -0.4 is 19.1 Å². The van der Waals surface area contributed by atoms with Crippen molar-refractivity contribution >= 4 is 25.4 Å². The van der Waals surface area contributed by atoms with Crippen LogP contribution in [0, 0.1) is 0 Å². The van der Waals surface area contributed by atoms with Crippen LogP contribution in [0.5, 0.6) is 23.0 Å². The molecule has 6 rings (SSSR count). The number of hydrogen-bond acceptors (Lipinski definition) is 10. The number of sulfone groups is 2. The fourth-order valence-corrected chi connectivity index (χ4v) is 10.0. The van der Waals surface area contributed by atoms with Crippen molar-refractivity contribution in [2.24, 2.45) is 0 Å². The SMILES string of the molecule is COc1ccc(C(c2ccc(Oc3ccc(S(=O)(=O)c4ccc(OC)cc4)cc3)cc2)(c2ccc(S(=O)(=O)c3ccc(N(C)C(N(C)C)N(C)C)cc3)cc2)C(F)(F)F)cc1. The maximum Gasteiger partial charge on any atom is 0.406 e. The van der Waals surface area contributed by atoms with E-state index >= 15 is 13.2 Å². The Labute approximate surface area is 355 Å². The van der Waals surface area contributed by atoms with Crippen molar-refractivity contribution in [2.45, 2.75) is 37.5 Å². The van der Waals surface area contributed by atoms with Gasteiger partial charge < -0.3 is 19.1 Å². The Balaban J connectivity index is 1.32. The van der Waals surface area contributed by atoms with Crippen molar-refractivity contribution in [3.63, 3.8) is 0 Å². The van der Waals surface area contributed by atoms with E-state index in [-0.39, 0.29) is 54.1 Å².